The highest BCUT2D eigenvalue weighted by atomic mass is 35.5. The molecule has 7 nitrogen and oxygen atoms in total. The molecule has 0 radical (unpaired) electrons. The monoisotopic (exact) mass is 622 g/mol. The number of likely N-dealkylation sites (tertiary alicyclic amines) is 2. The van der Waals surface area contributed by atoms with Gasteiger partial charge in [-0.05, 0) is 64.7 Å². The molecule has 2 aliphatic heterocycles. The molecule has 3 aliphatic rings. The molecule has 1 N–H and O–H groups in total. The van der Waals surface area contributed by atoms with Gasteiger partial charge in [0.15, 0.2) is 0 Å². The number of halogens is 3. The number of benzene rings is 1. The van der Waals surface area contributed by atoms with Gasteiger partial charge in [-0.25, -0.2) is 8.78 Å². The van der Waals surface area contributed by atoms with Crippen LogP contribution in [0.2, 0.25) is 5.02 Å². The number of nitrogens with one attached hydrogen (secondary N) is 1. The Morgan fingerprint density at radius 3 is 2.12 bits per heavy atom. The van der Waals surface area contributed by atoms with Crippen molar-refractivity contribution in [2.75, 3.05) is 26.2 Å². The SMILES string of the molecule is CCNC(=O)[C@@H]1C[C@H](N(C(=O)C(C)(C)C)C2CCC(F)(F)CC2)CN1C(=O)[C@@H]1CN(C(C)(C)C)C[C@H]1c1ccc(Cl)cc1. The van der Waals surface area contributed by atoms with Crippen LogP contribution in [0.5, 0.6) is 0 Å². The number of nitrogens with zero attached hydrogens (tertiary/aromatic N) is 3. The van der Waals surface area contributed by atoms with Crippen LogP contribution in [0.15, 0.2) is 24.3 Å². The first kappa shape index (κ1) is 33.6. The number of hydrogen-bond acceptors (Lipinski definition) is 4. The van der Waals surface area contributed by atoms with Gasteiger partial charge in [0.25, 0.3) is 0 Å². The normalized spacial score (nSPS) is 26.9. The number of carbonyl (C=O) groups is 3. The fourth-order valence-electron chi connectivity index (χ4n) is 6.98. The first-order chi connectivity index (χ1) is 19.9. The summed E-state index contributed by atoms with van der Waals surface area (Å²) in [5.41, 5.74) is 0.120. The van der Waals surface area contributed by atoms with Crippen LogP contribution in [0.1, 0.15) is 92.1 Å². The van der Waals surface area contributed by atoms with Gasteiger partial charge in [0, 0.05) is 67.0 Å². The molecule has 0 unspecified atom stereocenters. The molecule has 2 heterocycles. The molecule has 0 bridgehead atoms. The van der Waals surface area contributed by atoms with Crippen molar-refractivity contribution in [3.8, 4) is 0 Å². The second kappa shape index (κ2) is 12.6. The molecule has 43 heavy (non-hydrogen) atoms. The molecule has 240 valence electrons. The predicted octanol–water partition coefficient (Wildman–Crippen LogP) is 5.71. The fourth-order valence-corrected chi connectivity index (χ4v) is 7.11. The summed E-state index contributed by atoms with van der Waals surface area (Å²) in [5.74, 6) is -3.70. The molecular formula is C33H49ClF2N4O3. The zero-order valence-electron chi connectivity index (χ0n) is 26.8. The van der Waals surface area contributed by atoms with E-state index in [1.807, 2.05) is 52.0 Å². The van der Waals surface area contributed by atoms with Gasteiger partial charge in [0.2, 0.25) is 23.6 Å². The smallest absolute Gasteiger partial charge is 0.248 e. The topological polar surface area (TPSA) is 73.0 Å². The lowest BCUT2D eigenvalue weighted by molar-refractivity contribution is -0.148. The Labute approximate surface area is 260 Å². The van der Waals surface area contributed by atoms with E-state index < -0.39 is 29.3 Å². The maximum atomic E-state index is 14.6. The molecule has 1 aromatic carbocycles. The van der Waals surface area contributed by atoms with Gasteiger partial charge in [-0.2, -0.15) is 0 Å². The molecule has 3 amide bonds. The fraction of sp³-hybridized carbons (Fsp3) is 0.727. The molecular weight excluding hydrogens is 574 g/mol. The quantitative estimate of drug-likeness (QED) is 0.441. The largest absolute Gasteiger partial charge is 0.355 e. The molecule has 4 atom stereocenters. The zero-order chi connectivity index (χ0) is 31.9. The van der Waals surface area contributed by atoms with Crippen molar-refractivity contribution in [2.45, 2.75) is 116 Å². The van der Waals surface area contributed by atoms with E-state index in [1.54, 1.807) is 9.80 Å². The van der Waals surface area contributed by atoms with Gasteiger partial charge in [-0.1, -0.05) is 44.5 Å². The van der Waals surface area contributed by atoms with E-state index in [-0.39, 0.29) is 73.9 Å². The van der Waals surface area contributed by atoms with Gasteiger partial charge in [0.05, 0.1) is 12.0 Å². The van der Waals surface area contributed by atoms with E-state index >= 15 is 0 Å². The van der Waals surface area contributed by atoms with Crippen molar-refractivity contribution in [2.24, 2.45) is 11.3 Å². The minimum atomic E-state index is -2.73. The number of alkyl halides is 2. The third kappa shape index (κ3) is 7.52. The van der Waals surface area contributed by atoms with E-state index in [0.29, 0.717) is 24.7 Å². The molecule has 1 saturated carbocycles. The van der Waals surface area contributed by atoms with Gasteiger partial charge >= 0.3 is 0 Å². The third-order valence-corrected chi connectivity index (χ3v) is 9.70. The van der Waals surface area contributed by atoms with E-state index in [9.17, 15) is 23.2 Å². The highest BCUT2D eigenvalue weighted by Gasteiger charge is 2.51. The number of likely N-dealkylation sites (N-methyl/N-ethyl adjacent to an activating group) is 1. The van der Waals surface area contributed by atoms with Crippen LogP contribution in [0.4, 0.5) is 8.78 Å². The van der Waals surface area contributed by atoms with Gasteiger partial charge in [-0.15, -0.1) is 0 Å². The second-order valence-electron chi connectivity index (χ2n) is 14.7. The number of carbonyl (C=O) groups excluding carboxylic acids is 3. The van der Waals surface area contributed by atoms with Crippen LogP contribution in [0, 0.1) is 11.3 Å². The Balaban J connectivity index is 1.68. The lowest BCUT2D eigenvalue weighted by Gasteiger charge is -2.43. The van der Waals surface area contributed by atoms with Gasteiger partial charge in [-0.3, -0.25) is 19.3 Å². The van der Waals surface area contributed by atoms with E-state index in [4.69, 9.17) is 11.6 Å². The predicted molar refractivity (Wildman–Crippen MR) is 165 cm³/mol. The number of amides is 3. The minimum absolute atomic E-state index is 0.0918. The lowest BCUT2D eigenvalue weighted by atomic mass is 9.86. The molecule has 1 aromatic rings. The number of rotatable bonds is 6. The third-order valence-electron chi connectivity index (χ3n) is 9.45. The van der Waals surface area contributed by atoms with Crippen LogP contribution in [0.3, 0.4) is 0 Å². The Hall–Kier alpha value is -2.26. The van der Waals surface area contributed by atoms with Gasteiger partial charge < -0.3 is 15.1 Å². The van der Waals surface area contributed by atoms with Crippen LogP contribution < -0.4 is 5.32 Å². The molecule has 2 saturated heterocycles. The van der Waals surface area contributed by atoms with Gasteiger partial charge in [0.1, 0.15) is 6.04 Å². The van der Waals surface area contributed by atoms with Crippen molar-refractivity contribution in [1.82, 2.24) is 20.0 Å². The van der Waals surface area contributed by atoms with E-state index in [1.165, 1.54) is 0 Å². The molecule has 4 rings (SSSR count). The highest BCUT2D eigenvalue weighted by molar-refractivity contribution is 6.30. The first-order valence-corrected chi connectivity index (χ1v) is 16.1. The van der Waals surface area contributed by atoms with Crippen molar-refractivity contribution in [1.29, 1.82) is 0 Å². The molecule has 0 spiro atoms. The maximum Gasteiger partial charge on any atom is 0.248 e. The Kier molecular flexibility index (Phi) is 9.87. The van der Waals surface area contributed by atoms with E-state index in [0.717, 1.165) is 5.56 Å². The Morgan fingerprint density at radius 2 is 1.58 bits per heavy atom. The van der Waals surface area contributed by atoms with Crippen LogP contribution in [0.25, 0.3) is 0 Å². The first-order valence-electron chi connectivity index (χ1n) is 15.7. The van der Waals surface area contributed by atoms with Crippen molar-refractivity contribution in [3.63, 3.8) is 0 Å². The molecule has 0 aromatic heterocycles. The summed E-state index contributed by atoms with van der Waals surface area (Å²) >= 11 is 6.18. The summed E-state index contributed by atoms with van der Waals surface area (Å²) < 4.78 is 28.3. The molecule has 10 heteroatoms. The van der Waals surface area contributed by atoms with E-state index in [2.05, 4.69) is 31.0 Å². The molecule has 3 fully saturated rings. The number of hydrogen-bond donors (Lipinski definition) is 1. The molecule has 1 aliphatic carbocycles. The van der Waals surface area contributed by atoms with Crippen molar-refractivity contribution >= 4 is 29.3 Å². The lowest BCUT2D eigenvalue weighted by Crippen LogP contribution is -2.54. The maximum absolute atomic E-state index is 14.6. The summed E-state index contributed by atoms with van der Waals surface area (Å²) in [7, 11) is 0. The Bertz CT molecular complexity index is 1170. The average Bonchev–Trinajstić information content (AvgIpc) is 3.55. The standard InChI is InChI=1S/C33H49ClF2N4O3/c1-8-37-28(41)27-17-24(40(30(43)31(2,3)4)23-13-15-33(35,36)16-14-23)18-39(27)29(42)26-20-38(32(5,6)7)19-25(26)21-9-11-22(34)12-10-21/h9-12,23-27H,8,13-20H2,1-7H3,(H,37,41)/t24-,25-,26+,27-/m0/s1. The second-order valence-corrected chi connectivity index (χ2v) is 15.1. The summed E-state index contributed by atoms with van der Waals surface area (Å²) in [6, 6.07) is 6.08. The summed E-state index contributed by atoms with van der Waals surface area (Å²) in [6.07, 6.45) is 0.149. The zero-order valence-corrected chi connectivity index (χ0v) is 27.5. The average molecular weight is 623 g/mol. The van der Waals surface area contributed by atoms with Crippen molar-refractivity contribution in [3.05, 3.63) is 34.9 Å². The van der Waals surface area contributed by atoms with Crippen molar-refractivity contribution < 1.29 is 23.2 Å². The minimum Gasteiger partial charge on any atom is -0.355 e. The van der Waals surface area contributed by atoms with Crippen LogP contribution >= 0.6 is 11.6 Å². The van der Waals surface area contributed by atoms with Crippen LogP contribution in [-0.4, -0.2) is 88.2 Å². The highest BCUT2D eigenvalue weighted by Crippen LogP contribution is 2.41. The Morgan fingerprint density at radius 1 is 0.977 bits per heavy atom. The van der Waals surface area contributed by atoms with Crippen LogP contribution in [-0.2, 0) is 14.4 Å². The summed E-state index contributed by atoms with van der Waals surface area (Å²) in [4.78, 5) is 47.7. The summed E-state index contributed by atoms with van der Waals surface area (Å²) in [6.45, 7) is 15.6. The summed E-state index contributed by atoms with van der Waals surface area (Å²) in [5, 5.41) is 3.52.